The van der Waals surface area contributed by atoms with Crippen LogP contribution in [0.25, 0.3) is 0 Å². The van der Waals surface area contributed by atoms with Gasteiger partial charge in [0.1, 0.15) is 5.75 Å². The summed E-state index contributed by atoms with van der Waals surface area (Å²) in [5.41, 5.74) is 1.89. The van der Waals surface area contributed by atoms with E-state index >= 15 is 0 Å². The standard InChI is InChI=1S/C19H31NO/c1-4-13-20-18(19(5-2)11-6-7-12-19)15-16-9-8-10-17(14-16)21-3/h8-10,14,18,20H,4-7,11-13,15H2,1-3H3. The largest absolute Gasteiger partial charge is 0.497 e. The molecule has 21 heavy (non-hydrogen) atoms. The van der Waals surface area contributed by atoms with Crippen LogP contribution in [0.5, 0.6) is 5.75 Å². The third-order valence-electron chi connectivity index (χ3n) is 5.26. The maximum Gasteiger partial charge on any atom is 0.119 e. The molecular formula is C19H31NO. The predicted octanol–water partition coefficient (Wildman–Crippen LogP) is 4.58. The van der Waals surface area contributed by atoms with Gasteiger partial charge in [-0.3, -0.25) is 0 Å². The Hall–Kier alpha value is -1.02. The molecule has 2 heteroatoms. The Bertz CT molecular complexity index is 423. The first-order valence-electron chi connectivity index (χ1n) is 8.60. The highest BCUT2D eigenvalue weighted by Crippen LogP contribution is 2.44. The average molecular weight is 289 g/mol. The van der Waals surface area contributed by atoms with Crippen LogP contribution in [0.3, 0.4) is 0 Å². The van der Waals surface area contributed by atoms with Crippen molar-refractivity contribution in [2.45, 2.75) is 64.8 Å². The third kappa shape index (κ3) is 4.00. The molecule has 1 unspecified atom stereocenters. The van der Waals surface area contributed by atoms with Gasteiger partial charge in [0.05, 0.1) is 7.11 Å². The van der Waals surface area contributed by atoms with Crippen molar-refractivity contribution in [3.05, 3.63) is 29.8 Å². The van der Waals surface area contributed by atoms with Crippen LogP contribution in [0.4, 0.5) is 0 Å². The summed E-state index contributed by atoms with van der Waals surface area (Å²) in [6.45, 7) is 5.75. The van der Waals surface area contributed by atoms with Gasteiger partial charge in [0.2, 0.25) is 0 Å². The smallest absolute Gasteiger partial charge is 0.119 e. The lowest BCUT2D eigenvalue weighted by molar-refractivity contribution is 0.184. The Kier molecular flexibility index (Phi) is 6.10. The molecule has 1 aromatic rings. The van der Waals surface area contributed by atoms with E-state index in [4.69, 9.17) is 4.74 Å². The molecule has 0 saturated heterocycles. The lowest BCUT2D eigenvalue weighted by Gasteiger charge is -2.38. The van der Waals surface area contributed by atoms with E-state index in [-0.39, 0.29) is 0 Å². The molecule has 1 saturated carbocycles. The first kappa shape index (κ1) is 16.4. The third-order valence-corrected chi connectivity index (χ3v) is 5.26. The highest BCUT2D eigenvalue weighted by Gasteiger charge is 2.39. The first-order valence-corrected chi connectivity index (χ1v) is 8.60. The summed E-state index contributed by atoms with van der Waals surface area (Å²) in [6, 6.07) is 9.17. The van der Waals surface area contributed by atoms with Crippen LogP contribution in [0.2, 0.25) is 0 Å². The number of benzene rings is 1. The van der Waals surface area contributed by atoms with Gasteiger partial charge in [-0.1, -0.05) is 38.8 Å². The molecule has 1 aliphatic carbocycles. The lowest BCUT2D eigenvalue weighted by Crippen LogP contribution is -2.45. The Morgan fingerprint density at radius 3 is 2.62 bits per heavy atom. The Morgan fingerprint density at radius 2 is 2.00 bits per heavy atom. The molecule has 1 atom stereocenters. The van der Waals surface area contributed by atoms with Crippen molar-refractivity contribution >= 4 is 0 Å². The highest BCUT2D eigenvalue weighted by molar-refractivity contribution is 5.29. The van der Waals surface area contributed by atoms with Crippen molar-refractivity contribution in [1.82, 2.24) is 5.32 Å². The second kappa shape index (κ2) is 7.84. The van der Waals surface area contributed by atoms with Crippen molar-refractivity contribution < 1.29 is 4.74 Å². The zero-order valence-corrected chi connectivity index (χ0v) is 14.0. The van der Waals surface area contributed by atoms with E-state index in [1.807, 2.05) is 6.07 Å². The molecule has 2 nitrogen and oxygen atoms in total. The average Bonchev–Trinajstić information content (AvgIpc) is 3.01. The van der Waals surface area contributed by atoms with E-state index in [0.717, 1.165) is 18.7 Å². The van der Waals surface area contributed by atoms with Gasteiger partial charge in [0.25, 0.3) is 0 Å². The van der Waals surface area contributed by atoms with Gasteiger partial charge >= 0.3 is 0 Å². The first-order chi connectivity index (χ1) is 10.2. The van der Waals surface area contributed by atoms with Gasteiger partial charge in [-0.2, -0.15) is 0 Å². The van der Waals surface area contributed by atoms with Crippen molar-refractivity contribution in [2.75, 3.05) is 13.7 Å². The second-order valence-corrected chi connectivity index (χ2v) is 6.49. The fourth-order valence-electron chi connectivity index (χ4n) is 3.89. The predicted molar refractivity (Wildman–Crippen MR) is 90.0 cm³/mol. The zero-order valence-electron chi connectivity index (χ0n) is 14.0. The number of ether oxygens (including phenoxy) is 1. The maximum atomic E-state index is 5.37. The number of nitrogens with one attached hydrogen (secondary N) is 1. The van der Waals surface area contributed by atoms with Gasteiger partial charge in [0.15, 0.2) is 0 Å². The number of hydrogen-bond donors (Lipinski definition) is 1. The van der Waals surface area contributed by atoms with E-state index in [1.165, 1.54) is 44.1 Å². The number of hydrogen-bond acceptors (Lipinski definition) is 2. The monoisotopic (exact) mass is 289 g/mol. The van der Waals surface area contributed by atoms with E-state index in [9.17, 15) is 0 Å². The molecule has 118 valence electrons. The SMILES string of the molecule is CCCNC(Cc1cccc(OC)c1)C1(CC)CCCC1. The van der Waals surface area contributed by atoms with Gasteiger partial charge in [-0.15, -0.1) is 0 Å². The molecule has 0 spiro atoms. The van der Waals surface area contributed by atoms with E-state index in [1.54, 1.807) is 7.11 Å². The van der Waals surface area contributed by atoms with E-state index < -0.39 is 0 Å². The summed E-state index contributed by atoms with van der Waals surface area (Å²) >= 11 is 0. The van der Waals surface area contributed by atoms with Crippen LogP contribution in [-0.2, 0) is 6.42 Å². The van der Waals surface area contributed by atoms with Crippen molar-refractivity contribution in [3.63, 3.8) is 0 Å². The van der Waals surface area contributed by atoms with Crippen LogP contribution in [0.1, 0.15) is 57.9 Å². The second-order valence-electron chi connectivity index (χ2n) is 6.49. The van der Waals surface area contributed by atoms with Gasteiger partial charge in [-0.05, 0) is 61.8 Å². The molecule has 1 N–H and O–H groups in total. The normalized spacial score (nSPS) is 18.6. The molecule has 1 aromatic carbocycles. The summed E-state index contributed by atoms with van der Waals surface area (Å²) < 4.78 is 5.37. The minimum Gasteiger partial charge on any atom is -0.497 e. The zero-order chi connectivity index (χ0) is 15.1. The Balaban J connectivity index is 2.15. The van der Waals surface area contributed by atoms with Crippen molar-refractivity contribution in [2.24, 2.45) is 5.41 Å². The molecule has 1 aliphatic rings. The Labute approximate surface area is 130 Å². The summed E-state index contributed by atoms with van der Waals surface area (Å²) in [5, 5.41) is 3.85. The summed E-state index contributed by atoms with van der Waals surface area (Å²) in [7, 11) is 1.75. The van der Waals surface area contributed by atoms with Gasteiger partial charge in [-0.25, -0.2) is 0 Å². The van der Waals surface area contributed by atoms with Crippen LogP contribution < -0.4 is 10.1 Å². The lowest BCUT2D eigenvalue weighted by atomic mass is 9.74. The minimum atomic E-state index is 0.498. The molecule has 0 radical (unpaired) electrons. The fourth-order valence-corrected chi connectivity index (χ4v) is 3.89. The molecule has 0 aromatic heterocycles. The van der Waals surface area contributed by atoms with Crippen LogP contribution in [0.15, 0.2) is 24.3 Å². The molecule has 0 bridgehead atoms. The van der Waals surface area contributed by atoms with E-state index in [0.29, 0.717) is 11.5 Å². The minimum absolute atomic E-state index is 0.498. The molecule has 0 heterocycles. The molecule has 2 rings (SSSR count). The number of rotatable bonds is 8. The fraction of sp³-hybridized carbons (Fsp3) is 0.684. The van der Waals surface area contributed by atoms with Gasteiger partial charge in [0, 0.05) is 6.04 Å². The van der Waals surface area contributed by atoms with E-state index in [2.05, 4.69) is 37.4 Å². The molecule has 0 aliphatic heterocycles. The maximum absolute atomic E-state index is 5.37. The summed E-state index contributed by atoms with van der Waals surface area (Å²) in [4.78, 5) is 0. The molecule has 1 fully saturated rings. The highest BCUT2D eigenvalue weighted by atomic mass is 16.5. The topological polar surface area (TPSA) is 21.3 Å². The molecule has 0 amide bonds. The van der Waals surface area contributed by atoms with Crippen LogP contribution in [-0.4, -0.2) is 19.7 Å². The summed E-state index contributed by atoms with van der Waals surface area (Å²) in [6.07, 6.45) is 9.17. The van der Waals surface area contributed by atoms with Crippen molar-refractivity contribution in [3.8, 4) is 5.75 Å². The summed E-state index contributed by atoms with van der Waals surface area (Å²) in [5.74, 6) is 0.971. The quantitative estimate of drug-likeness (QED) is 0.756. The van der Waals surface area contributed by atoms with Crippen LogP contribution in [0, 0.1) is 5.41 Å². The van der Waals surface area contributed by atoms with Crippen molar-refractivity contribution in [1.29, 1.82) is 0 Å². The Morgan fingerprint density at radius 1 is 1.24 bits per heavy atom. The van der Waals surface area contributed by atoms with Gasteiger partial charge < -0.3 is 10.1 Å². The molecular weight excluding hydrogens is 258 g/mol. The number of methoxy groups -OCH3 is 1. The van der Waals surface area contributed by atoms with Crippen LogP contribution >= 0.6 is 0 Å².